The number of Topliss-reactive ketones (excluding diaryl/α,β-unsaturated/α-hetero) is 2. The first kappa shape index (κ1) is 73.2. The topological polar surface area (TPSA) is 443 Å². The Morgan fingerprint density at radius 1 is 0.648 bits per heavy atom. The number of ketones is 2. The van der Waals surface area contributed by atoms with Gasteiger partial charge in [-0.1, -0.05) is 81.4 Å². The van der Waals surface area contributed by atoms with Crippen molar-refractivity contribution in [3.05, 3.63) is 71.8 Å². The van der Waals surface area contributed by atoms with Gasteiger partial charge < -0.3 is 68.3 Å². The highest BCUT2D eigenvalue weighted by atomic mass is 32.2. The molecule has 8 unspecified atom stereocenters. The van der Waals surface area contributed by atoms with Gasteiger partial charge in [-0.2, -0.15) is 0 Å². The summed E-state index contributed by atoms with van der Waals surface area (Å²) in [5, 5.41) is 76.4. The molecule has 15 N–H and O–H groups in total. The number of hydrogen-bond acceptors (Lipinski definition) is 20. The number of β-amino-alcohol motifs (C(OH)–C–C–N with tert-alkyl or cyclic N) is 1. The number of imide groups is 1. The van der Waals surface area contributed by atoms with Gasteiger partial charge in [0.1, 0.15) is 48.7 Å². The molecule has 2 aromatic rings. The molecule has 0 radical (unpaired) electrons. The molecule has 4 rings (SSSR count). The number of rotatable bonds is 39. The molecule has 8 amide bonds. The summed E-state index contributed by atoms with van der Waals surface area (Å²) in [4.78, 5) is 165. The Morgan fingerprint density at radius 2 is 1.22 bits per heavy atom. The van der Waals surface area contributed by atoms with Crippen LogP contribution in [0, 0.1) is 11.8 Å². The lowest BCUT2D eigenvalue weighted by Crippen LogP contribution is -2.65. The van der Waals surface area contributed by atoms with E-state index >= 15 is 0 Å². The Hall–Kier alpha value is -7.25. The smallest absolute Gasteiger partial charge is 0.305 e. The van der Waals surface area contributed by atoms with E-state index in [1.165, 1.54) is 0 Å². The summed E-state index contributed by atoms with van der Waals surface area (Å²) in [5.41, 5.74) is 6.66. The fourth-order valence-corrected chi connectivity index (χ4v) is 11.3. The van der Waals surface area contributed by atoms with Crippen molar-refractivity contribution in [1.82, 2.24) is 47.0 Å². The number of carboxylic acids is 2. The van der Waals surface area contributed by atoms with Crippen LogP contribution in [-0.2, 0) is 70.4 Å². The summed E-state index contributed by atoms with van der Waals surface area (Å²) >= 11 is 0.912. The lowest BCUT2D eigenvalue weighted by atomic mass is 9.94. The van der Waals surface area contributed by atoms with Crippen LogP contribution in [0.4, 0.5) is 0 Å². The summed E-state index contributed by atoms with van der Waals surface area (Å²) in [6.07, 6.45) is -9.60. The van der Waals surface area contributed by atoms with Gasteiger partial charge in [0.05, 0.1) is 30.4 Å². The quantitative estimate of drug-likeness (QED) is 0.0188. The number of thioether (sulfide) groups is 1. The number of nitrogens with two attached hydrogens (primary N) is 1. The fraction of sp³-hybridized carbons (Fsp3) is 0.593. The molecule has 2 fully saturated rings. The number of aliphatic carboxylic acids is 2. The van der Waals surface area contributed by atoms with E-state index in [0.29, 0.717) is 36.8 Å². The Bertz CT molecular complexity index is 2710. The molecule has 2 aromatic carbocycles. The number of nitrogens with one attached hydrogen (secondary N) is 7. The van der Waals surface area contributed by atoms with E-state index in [-0.39, 0.29) is 70.0 Å². The van der Waals surface area contributed by atoms with E-state index in [4.69, 9.17) is 5.73 Å². The minimum absolute atomic E-state index is 0.00693. The summed E-state index contributed by atoms with van der Waals surface area (Å²) < 4.78 is 0. The normalized spacial score (nSPS) is 20.1. The zero-order chi connectivity index (χ0) is 65.2. The number of unbranched alkanes of at least 4 members (excludes halogenated alkanes) is 2. The Kier molecular flexibility index (Phi) is 30.7. The highest BCUT2D eigenvalue weighted by Crippen LogP contribution is 2.27. The summed E-state index contributed by atoms with van der Waals surface area (Å²) in [6, 6.07) is 9.14. The number of likely N-dealkylation sites (tertiary alicyclic amines) is 2. The lowest BCUT2D eigenvalue weighted by Gasteiger charge is -2.43. The fourth-order valence-electron chi connectivity index (χ4n) is 10.1. The molecule has 2 aliphatic heterocycles. The average Bonchev–Trinajstić information content (AvgIpc) is 3.44. The zero-order valence-electron chi connectivity index (χ0n) is 50.0. The molecule has 28 nitrogen and oxygen atoms in total. The van der Waals surface area contributed by atoms with Gasteiger partial charge in [-0.15, -0.1) is 11.8 Å². The van der Waals surface area contributed by atoms with Crippen LogP contribution in [-0.4, -0.2) is 216 Å². The number of aliphatic hydroxyl groups is 4. The number of carbonyl (C=O) groups excluding carboxylic acids is 10. The molecule has 2 saturated heterocycles. The monoisotopic (exact) mass is 1250 g/mol. The zero-order valence-corrected chi connectivity index (χ0v) is 50.8. The lowest BCUT2D eigenvalue weighted by molar-refractivity contribution is -0.145. The Labute approximate surface area is 514 Å². The Morgan fingerprint density at radius 3 is 1.81 bits per heavy atom. The van der Waals surface area contributed by atoms with Crippen molar-refractivity contribution in [3.63, 3.8) is 0 Å². The molecule has 0 aliphatic carbocycles. The van der Waals surface area contributed by atoms with Gasteiger partial charge in [-0.25, -0.2) is 0 Å². The second kappa shape index (κ2) is 36.9. The number of benzene rings is 2. The summed E-state index contributed by atoms with van der Waals surface area (Å²) in [5.74, 6) is -12.0. The molecule has 0 aromatic heterocycles. The van der Waals surface area contributed by atoms with Crippen molar-refractivity contribution in [2.75, 3.05) is 38.5 Å². The molecule has 486 valence electrons. The van der Waals surface area contributed by atoms with Crippen molar-refractivity contribution in [1.29, 1.82) is 0 Å². The molecule has 2 heterocycles. The van der Waals surface area contributed by atoms with E-state index < -0.39 is 169 Å². The Balaban J connectivity index is 1.61. The van der Waals surface area contributed by atoms with Gasteiger partial charge >= 0.3 is 11.9 Å². The number of hydrogen-bond donors (Lipinski definition) is 14. The van der Waals surface area contributed by atoms with Crippen molar-refractivity contribution in [3.8, 4) is 0 Å². The van der Waals surface area contributed by atoms with E-state index in [1.807, 2.05) is 13.8 Å². The number of nitrogens with zero attached hydrogens (tertiary/aromatic N) is 2. The maximum atomic E-state index is 14.8. The summed E-state index contributed by atoms with van der Waals surface area (Å²) in [6.45, 7) is 6.38. The van der Waals surface area contributed by atoms with Crippen molar-refractivity contribution < 1.29 is 88.2 Å². The molecule has 0 spiro atoms. The highest BCUT2D eigenvalue weighted by molar-refractivity contribution is 8.00. The van der Waals surface area contributed by atoms with E-state index in [0.717, 1.165) is 23.6 Å². The van der Waals surface area contributed by atoms with Crippen LogP contribution in [0.25, 0.3) is 0 Å². The van der Waals surface area contributed by atoms with Gasteiger partial charge in [0, 0.05) is 63.8 Å². The number of carbonyl (C=O) groups is 12. The molecule has 0 saturated carbocycles. The number of piperidine rings is 1. The maximum Gasteiger partial charge on any atom is 0.305 e. The van der Waals surface area contributed by atoms with Crippen LogP contribution in [0.15, 0.2) is 60.7 Å². The van der Waals surface area contributed by atoms with Crippen molar-refractivity contribution in [2.24, 2.45) is 17.6 Å². The van der Waals surface area contributed by atoms with E-state index in [1.54, 1.807) is 72.5 Å². The second-order valence-electron chi connectivity index (χ2n) is 22.5. The van der Waals surface area contributed by atoms with Crippen molar-refractivity contribution >= 4 is 82.5 Å². The minimum atomic E-state index is -1.98. The third-order valence-corrected chi connectivity index (χ3v) is 16.1. The predicted molar refractivity (Wildman–Crippen MR) is 319 cm³/mol. The van der Waals surface area contributed by atoms with E-state index in [2.05, 4.69) is 37.2 Å². The molecular weight excluding hydrogens is 1170 g/mol. The van der Waals surface area contributed by atoms with Crippen LogP contribution in [0.5, 0.6) is 0 Å². The van der Waals surface area contributed by atoms with Gasteiger partial charge in [-0.05, 0) is 68.7 Å². The summed E-state index contributed by atoms with van der Waals surface area (Å²) in [7, 11) is 0. The maximum absolute atomic E-state index is 14.8. The van der Waals surface area contributed by atoms with Crippen LogP contribution in [0.2, 0.25) is 0 Å². The van der Waals surface area contributed by atoms with Gasteiger partial charge in [-0.3, -0.25) is 72.7 Å². The van der Waals surface area contributed by atoms with Gasteiger partial charge in [0.15, 0.2) is 11.6 Å². The van der Waals surface area contributed by atoms with Crippen molar-refractivity contribution in [2.45, 2.75) is 171 Å². The average molecular weight is 1260 g/mol. The van der Waals surface area contributed by atoms with Crippen LogP contribution >= 0.6 is 11.8 Å². The third-order valence-electron chi connectivity index (χ3n) is 14.8. The van der Waals surface area contributed by atoms with Crippen LogP contribution in [0.1, 0.15) is 103 Å². The largest absolute Gasteiger partial charge is 0.481 e. The SMILES string of the molecule is CC(=O)NC(CSC1CC(=O)N(CCCCN2C[C@H](O)[C@@H](O)[C@@H](O)[C@H]2CO)C1=O)C(=O)NC(Cc1ccccc1)C(=O)NC(NC(NC(=O)C(CC(=O)O)NC(=O)C(CCC(=O)O)NC(=O)C(C)CC(C)C)C(=O)CCCCN)C(=O)Cc1ccccc1. The number of amides is 8. The third kappa shape index (κ3) is 24.0. The molecule has 12 atom stereocenters. The molecular formula is C59H86N10O18S. The van der Waals surface area contributed by atoms with Gasteiger partial charge in [0.2, 0.25) is 47.3 Å². The van der Waals surface area contributed by atoms with Gasteiger partial charge in [0.25, 0.3) is 0 Å². The standard InChI is InChI=1S/C59H86N10O18S/c1-33(2)25-34(3)54(82)62-38(20-21-48(76)77)55(83)64-40(28-49(78)79)57(85)66-52(43(72)19-11-12-22-60)65-53(44(73)27-37-17-9-6-10-18-37)67-56(84)39(26-36-15-7-5-8-16-36)63-58(86)41(61-35(4)71)32-88-46-29-47(75)69(59(46)87)24-14-13-23-68-30-45(74)51(81)50(80)42(68)31-70/h5-10,15-18,33-34,38-42,45-46,50-53,65,70,74,80-81H,11-14,19-32,60H2,1-4H3,(H,61,71)(H,62,82)(H,63,86)(H,64,83)(H,66,85)(H,67,84)(H,76,77)(H,78,79)/t34?,38?,39?,40?,41?,42-,45+,46?,50+,51-,52?,53?/m1/s1. The van der Waals surface area contributed by atoms with Crippen LogP contribution in [0.3, 0.4) is 0 Å². The second-order valence-corrected chi connectivity index (χ2v) is 23.7. The first-order valence-corrected chi connectivity index (χ1v) is 30.4. The first-order chi connectivity index (χ1) is 41.7. The molecule has 88 heavy (non-hydrogen) atoms. The minimum Gasteiger partial charge on any atom is -0.481 e. The van der Waals surface area contributed by atoms with Crippen LogP contribution < -0.4 is 43.0 Å². The number of aliphatic hydroxyl groups excluding tert-OH is 4. The number of carboxylic acid groups (broad SMARTS) is 2. The predicted octanol–water partition coefficient (Wildman–Crippen LogP) is -2.41. The molecule has 29 heteroatoms. The molecule has 2 aliphatic rings. The first-order valence-electron chi connectivity index (χ1n) is 29.4. The molecule has 0 bridgehead atoms. The van der Waals surface area contributed by atoms with E-state index in [9.17, 15) is 88.2 Å². The highest BCUT2D eigenvalue weighted by Gasteiger charge is 2.43.